The molecule has 0 bridgehead atoms. The number of H-pyrrole nitrogens is 1. The van der Waals surface area contributed by atoms with E-state index in [0.717, 1.165) is 13.0 Å². The van der Waals surface area contributed by atoms with Gasteiger partial charge in [-0.05, 0) is 36.8 Å². The molecule has 0 aliphatic rings. The highest BCUT2D eigenvalue weighted by molar-refractivity contribution is 7.88. The highest BCUT2D eigenvalue weighted by Gasteiger charge is 2.66. The van der Waals surface area contributed by atoms with E-state index in [9.17, 15) is 39.6 Å². The van der Waals surface area contributed by atoms with Crippen LogP contribution >= 0.6 is 0 Å². The van der Waals surface area contributed by atoms with E-state index in [1.165, 1.54) is 13.2 Å². The van der Waals surface area contributed by atoms with Crippen LogP contribution in [0.5, 0.6) is 11.5 Å². The average Bonchev–Trinajstić information content (AvgIpc) is 2.68. The van der Waals surface area contributed by atoms with Crippen molar-refractivity contribution in [2.75, 3.05) is 7.11 Å². The molecule has 0 radical (unpaired) electrons. The van der Waals surface area contributed by atoms with E-state index in [1.807, 2.05) is 0 Å². The van der Waals surface area contributed by atoms with Crippen molar-refractivity contribution in [3.63, 3.8) is 0 Å². The van der Waals surface area contributed by atoms with Crippen molar-refractivity contribution in [3.8, 4) is 11.5 Å². The number of hydrogen-bond donors (Lipinski definition) is 1. The number of aromatic nitrogens is 1. The van der Waals surface area contributed by atoms with Gasteiger partial charge in [-0.25, -0.2) is 4.39 Å². The smallest absolute Gasteiger partial charge is 0.426 e. The lowest BCUT2D eigenvalue weighted by atomic mass is 10.1. The summed E-state index contributed by atoms with van der Waals surface area (Å²) in [4.78, 5) is 14.2. The third kappa shape index (κ3) is 5.40. The van der Waals surface area contributed by atoms with E-state index in [0.29, 0.717) is 11.3 Å². The SMILES string of the molecule is COc1ccc(C=Cc2cc(C)c(OS(=O)(=O)C(F)(F)C(F)C(F)(F)F)c(=O)[nH]2)cc1. The molecule has 1 unspecified atom stereocenters. The van der Waals surface area contributed by atoms with Crippen LogP contribution in [0, 0.1) is 6.92 Å². The highest BCUT2D eigenvalue weighted by Crippen LogP contribution is 2.39. The fraction of sp³-hybridized carbons (Fsp3) is 0.278. The van der Waals surface area contributed by atoms with Crippen molar-refractivity contribution in [1.29, 1.82) is 0 Å². The fourth-order valence-corrected chi connectivity index (χ4v) is 3.20. The molecule has 1 heterocycles. The predicted molar refractivity (Wildman–Crippen MR) is 99.2 cm³/mol. The molecule has 170 valence electrons. The molecule has 1 N–H and O–H groups in total. The molecule has 1 atom stereocenters. The lowest BCUT2D eigenvalue weighted by molar-refractivity contribution is -0.222. The Hall–Kier alpha value is -2.96. The first-order valence-electron chi connectivity index (χ1n) is 8.27. The predicted octanol–water partition coefficient (Wildman–Crippen LogP) is 4.06. The molecule has 0 spiro atoms. The Morgan fingerprint density at radius 2 is 1.65 bits per heavy atom. The summed E-state index contributed by atoms with van der Waals surface area (Å²) in [7, 11) is -5.01. The first kappa shape index (κ1) is 24.3. The molecule has 0 saturated heterocycles. The number of hydrogen-bond acceptors (Lipinski definition) is 5. The summed E-state index contributed by atoms with van der Waals surface area (Å²) in [6.45, 7) is 1.10. The molecular weight excluding hydrogens is 456 g/mol. The molecule has 0 aliphatic heterocycles. The van der Waals surface area contributed by atoms with Crippen LogP contribution < -0.4 is 14.5 Å². The zero-order valence-electron chi connectivity index (χ0n) is 15.8. The van der Waals surface area contributed by atoms with Crippen LogP contribution in [0.2, 0.25) is 0 Å². The van der Waals surface area contributed by atoms with Gasteiger partial charge >= 0.3 is 21.5 Å². The van der Waals surface area contributed by atoms with Crippen LogP contribution in [0.1, 0.15) is 16.8 Å². The normalized spacial score (nSPS) is 13.9. The largest absolute Gasteiger partial charge is 0.497 e. The third-order valence-corrected chi connectivity index (χ3v) is 5.13. The summed E-state index contributed by atoms with van der Waals surface area (Å²) in [6, 6.07) is 7.81. The van der Waals surface area contributed by atoms with Gasteiger partial charge in [-0.2, -0.15) is 30.4 Å². The Morgan fingerprint density at radius 1 is 1.06 bits per heavy atom. The van der Waals surface area contributed by atoms with Crippen LogP contribution in [-0.4, -0.2) is 38.1 Å². The van der Waals surface area contributed by atoms with E-state index in [4.69, 9.17) is 4.74 Å². The number of rotatable bonds is 7. The first-order chi connectivity index (χ1) is 14.2. The highest BCUT2D eigenvalue weighted by atomic mass is 32.2. The second-order valence-electron chi connectivity index (χ2n) is 6.18. The quantitative estimate of drug-likeness (QED) is 0.486. The van der Waals surface area contributed by atoms with Gasteiger partial charge in [-0.3, -0.25) is 4.79 Å². The van der Waals surface area contributed by atoms with Gasteiger partial charge in [0.25, 0.3) is 11.7 Å². The van der Waals surface area contributed by atoms with E-state index in [2.05, 4.69) is 9.17 Å². The second kappa shape index (κ2) is 8.65. The van der Waals surface area contributed by atoms with Gasteiger partial charge in [0, 0.05) is 11.3 Å². The Bertz CT molecular complexity index is 1120. The van der Waals surface area contributed by atoms with E-state index < -0.39 is 39.0 Å². The van der Waals surface area contributed by atoms with Gasteiger partial charge in [0.2, 0.25) is 5.75 Å². The summed E-state index contributed by atoms with van der Waals surface area (Å²) < 4.78 is 109. The van der Waals surface area contributed by atoms with Crippen LogP contribution in [0.25, 0.3) is 12.2 Å². The summed E-state index contributed by atoms with van der Waals surface area (Å²) in [5.41, 5.74) is -0.826. The second-order valence-corrected chi connectivity index (χ2v) is 7.80. The van der Waals surface area contributed by atoms with Gasteiger partial charge in [0.05, 0.1) is 7.11 Å². The number of aromatic amines is 1. The van der Waals surface area contributed by atoms with Crippen molar-refractivity contribution in [2.45, 2.75) is 24.5 Å². The molecule has 13 heteroatoms. The minimum Gasteiger partial charge on any atom is -0.497 e. The standard InChI is InChI=1S/C18H15F6NO5S/c1-10-9-12(6-3-11-4-7-13(29-2)8-5-11)25-15(26)14(10)30-31(27,28)18(23,24)16(19)17(20,21)22/h3-9,16H,1-2H3,(H,25,26). The van der Waals surface area contributed by atoms with Gasteiger partial charge in [-0.15, -0.1) is 0 Å². The Morgan fingerprint density at radius 3 is 2.13 bits per heavy atom. The summed E-state index contributed by atoms with van der Waals surface area (Å²) in [5.74, 6) is -0.613. The van der Waals surface area contributed by atoms with E-state index in [1.54, 1.807) is 30.3 Å². The van der Waals surface area contributed by atoms with Crippen LogP contribution in [0.3, 0.4) is 0 Å². The Labute approximate surface area is 172 Å². The lowest BCUT2D eigenvalue weighted by Crippen LogP contribution is -2.49. The Balaban J connectivity index is 2.31. The number of benzene rings is 1. The number of alkyl halides is 6. The van der Waals surface area contributed by atoms with E-state index in [-0.39, 0.29) is 11.3 Å². The van der Waals surface area contributed by atoms with Crippen molar-refractivity contribution in [3.05, 3.63) is 57.5 Å². The molecule has 2 rings (SSSR count). The van der Waals surface area contributed by atoms with Gasteiger partial charge < -0.3 is 13.9 Å². The molecule has 0 fully saturated rings. The van der Waals surface area contributed by atoms with Gasteiger partial charge in [-0.1, -0.05) is 18.2 Å². The summed E-state index contributed by atoms with van der Waals surface area (Å²) in [5, 5.41) is -5.98. The minimum absolute atomic E-state index is 0.105. The summed E-state index contributed by atoms with van der Waals surface area (Å²) in [6.07, 6.45) is -8.27. The van der Waals surface area contributed by atoms with Crippen LogP contribution in [0.4, 0.5) is 26.3 Å². The Kier molecular flexibility index (Phi) is 6.78. The maximum Gasteiger partial charge on any atom is 0.426 e. The van der Waals surface area contributed by atoms with Crippen molar-refractivity contribution in [1.82, 2.24) is 4.98 Å². The van der Waals surface area contributed by atoms with Crippen LogP contribution in [-0.2, 0) is 10.1 Å². The molecule has 0 amide bonds. The molecule has 0 saturated carbocycles. The molecular formula is C18H15F6NO5S. The van der Waals surface area contributed by atoms with Crippen molar-refractivity contribution >= 4 is 22.3 Å². The number of halogens is 6. The zero-order valence-corrected chi connectivity index (χ0v) is 16.7. The number of pyridine rings is 1. The number of nitrogens with one attached hydrogen (secondary N) is 1. The number of aryl methyl sites for hydroxylation is 1. The average molecular weight is 471 g/mol. The molecule has 6 nitrogen and oxygen atoms in total. The molecule has 31 heavy (non-hydrogen) atoms. The fourth-order valence-electron chi connectivity index (χ4n) is 2.28. The van der Waals surface area contributed by atoms with Gasteiger partial charge in [0.15, 0.2) is 0 Å². The zero-order chi connectivity index (χ0) is 23.6. The molecule has 2 aromatic rings. The number of ether oxygens (including phenoxy) is 1. The third-order valence-electron chi connectivity index (χ3n) is 3.87. The van der Waals surface area contributed by atoms with E-state index >= 15 is 0 Å². The first-order valence-corrected chi connectivity index (χ1v) is 9.68. The molecule has 0 aliphatic carbocycles. The summed E-state index contributed by atoms with van der Waals surface area (Å²) >= 11 is 0. The lowest BCUT2D eigenvalue weighted by Gasteiger charge is -2.22. The monoisotopic (exact) mass is 471 g/mol. The minimum atomic E-state index is -6.49. The van der Waals surface area contributed by atoms with Crippen molar-refractivity contribution < 1.29 is 43.7 Å². The topological polar surface area (TPSA) is 85.5 Å². The maximum atomic E-state index is 13.5. The van der Waals surface area contributed by atoms with Gasteiger partial charge in [0.1, 0.15) is 5.75 Å². The maximum absolute atomic E-state index is 13.5. The molecule has 1 aromatic carbocycles. The van der Waals surface area contributed by atoms with Crippen molar-refractivity contribution in [2.24, 2.45) is 0 Å². The molecule has 1 aromatic heterocycles. The van der Waals surface area contributed by atoms with Crippen LogP contribution in [0.15, 0.2) is 35.1 Å². The number of methoxy groups -OCH3 is 1.